The topological polar surface area (TPSA) is 75.2 Å². The highest BCUT2D eigenvalue weighted by Gasteiger charge is 2.52. The Balaban J connectivity index is 1.69. The van der Waals surface area contributed by atoms with Crippen LogP contribution in [0.2, 0.25) is 0 Å². The summed E-state index contributed by atoms with van der Waals surface area (Å²) in [4.78, 5) is 26.0. The van der Waals surface area contributed by atoms with Gasteiger partial charge in [-0.05, 0) is 19.1 Å². The van der Waals surface area contributed by atoms with E-state index in [1.807, 2.05) is 13.8 Å². The van der Waals surface area contributed by atoms with Crippen molar-refractivity contribution in [3.63, 3.8) is 0 Å². The maximum absolute atomic E-state index is 12.4. The average molecular weight is 344 g/mol. The number of anilines is 1. The monoisotopic (exact) mass is 344 g/mol. The highest BCUT2D eigenvalue weighted by Crippen LogP contribution is 2.47. The van der Waals surface area contributed by atoms with Gasteiger partial charge in [-0.1, -0.05) is 30.0 Å². The van der Waals surface area contributed by atoms with Crippen molar-refractivity contribution in [1.82, 2.24) is 15.1 Å². The number of fused-ring (bicyclic) bond motifs is 1. The van der Waals surface area contributed by atoms with E-state index >= 15 is 0 Å². The van der Waals surface area contributed by atoms with Crippen LogP contribution in [0.4, 0.5) is 5.13 Å². The molecule has 3 heterocycles. The number of carbonyl (C=O) groups excluding carboxylic acids is 2. The molecule has 0 saturated carbocycles. The van der Waals surface area contributed by atoms with Crippen LogP contribution < -0.4 is 5.32 Å². The zero-order chi connectivity index (χ0) is 15.0. The Morgan fingerprint density at radius 3 is 3.14 bits per heavy atom. The molecule has 1 aromatic rings. The standard InChI is InChI=1S/C12H16N4O2S3/c1-3-19-11-15-14-10(21-11)13-9(18)7-6-20-12(2)5-4-8(17)16(7)12/h7H,3-6H2,1-2H3,(H,13,14,18)/t7-,12+/m1/s1. The number of hydrogen-bond acceptors (Lipinski definition) is 7. The molecular formula is C12H16N4O2S3. The van der Waals surface area contributed by atoms with Crippen LogP contribution >= 0.6 is 34.9 Å². The van der Waals surface area contributed by atoms with Crippen LogP contribution in [0, 0.1) is 0 Å². The number of hydrogen-bond donors (Lipinski definition) is 1. The van der Waals surface area contributed by atoms with E-state index < -0.39 is 6.04 Å². The molecule has 6 nitrogen and oxygen atoms in total. The van der Waals surface area contributed by atoms with E-state index in [4.69, 9.17) is 0 Å². The number of aromatic nitrogens is 2. The Kier molecular flexibility index (Phi) is 4.15. The largest absolute Gasteiger partial charge is 0.315 e. The lowest BCUT2D eigenvalue weighted by Gasteiger charge is -2.29. The number of amides is 2. The second kappa shape index (κ2) is 5.77. The minimum Gasteiger partial charge on any atom is -0.315 e. The molecule has 21 heavy (non-hydrogen) atoms. The molecule has 0 unspecified atom stereocenters. The van der Waals surface area contributed by atoms with Crippen molar-refractivity contribution in [2.24, 2.45) is 0 Å². The number of nitrogens with one attached hydrogen (secondary N) is 1. The van der Waals surface area contributed by atoms with Gasteiger partial charge in [0.05, 0.1) is 4.87 Å². The van der Waals surface area contributed by atoms with Gasteiger partial charge in [0.2, 0.25) is 16.9 Å². The molecule has 9 heteroatoms. The normalized spacial score (nSPS) is 28.0. The van der Waals surface area contributed by atoms with Gasteiger partial charge in [0.25, 0.3) is 0 Å². The molecule has 2 fully saturated rings. The number of nitrogens with zero attached hydrogens (tertiary/aromatic N) is 3. The molecule has 2 aliphatic rings. The van der Waals surface area contributed by atoms with Gasteiger partial charge < -0.3 is 4.90 Å². The Hall–Kier alpha value is -0.800. The highest BCUT2D eigenvalue weighted by atomic mass is 32.2. The van der Waals surface area contributed by atoms with E-state index in [9.17, 15) is 9.59 Å². The third kappa shape index (κ3) is 2.78. The van der Waals surface area contributed by atoms with Crippen LogP contribution in [-0.4, -0.2) is 49.3 Å². The Bertz CT molecular complexity index is 579. The number of rotatable bonds is 4. The quantitative estimate of drug-likeness (QED) is 0.665. The fourth-order valence-electron chi connectivity index (χ4n) is 2.65. The summed E-state index contributed by atoms with van der Waals surface area (Å²) in [6.45, 7) is 4.08. The molecule has 1 N–H and O–H groups in total. The molecule has 0 radical (unpaired) electrons. The molecule has 3 rings (SSSR count). The summed E-state index contributed by atoms with van der Waals surface area (Å²) in [5.41, 5.74) is 0. The lowest BCUT2D eigenvalue weighted by Crippen LogP contribution is -2.48. The maximum Gasteiger partial charge on any atom is 0.249 e. The summed E-state index contributed by atoms with van der Waals surface area (Å²) in [7, 11) is 0. The molecule has 0 aromatic carbocycles. The fraction of sp³-hybridized carbons (Fsp3) is 0.667. The van der Waals surface area contributed by atoms with Crippen molar-refractivity contribution < 1.29 is 9.59 Å². The van der Waals surface area contributed by atoms with E-state index in [1.165, 1.54) is 11.3 Å². The van der Waals surface area contributed by atoms with Gasteiger partial charge in [-0.3, -0.25) is 14.9 Å². The van der Waals surface area contributed by atoms with E-state index in [-0.39, 0.29) is 16.7 Å². The number of thioether (sulfide) groups is 2. The molecule has 2 amide bonds. The van der Waals surface area contributed by atoms with Crippen molar-refractivity contribution >= 4 is 51.8 Å². The van der Waals surface area contributed by atoms with Gasteiger partial charge in [-0.25, -0.2) is 0 Å². The predicted molar refractivity (Wildman–Crippen MR) is 85.7 cm³/mol. The van der Waals surface area contributed by atoms with Gasteiger partial charge in [0.15, 0.2) is 4.34 Å². The highest BCUT2D eigenvalue weighted by molar-refractivity contribution is 8.01. The Morgan fingerprint density at radius 1 is 1.57 bits per heavy atom. The summed E-state index contributed by atoms with van der Waals surface area (Å²) in [5.74, 6) is 1.47. The molecule has 1 aromatic heterocycles. The van der Waals surface area contributed by atoms with Crippen molar-refractivity contribution in [1.29, 1.82) is 0 Å². The molecule has 0 bridgehead atoms. The van der Waals surface area contributed by atoms with Crippen LogP contribution in [0.15, 0.2) is 4.34 Å². The van der Waals surface area contributed by atoms with E-state index in [2.05, 4.69) is 15.5 Å². The third-order valence-electron chi connectivity index (χ3n) is 3.65. The lowest BCUT2D eigenvalue weighted by atomic mass is 10.2. The Labute approximate surface area is 135 Å². The molecule has 2 aliphatic heterocycles. The van der Waals surface area contributed by atoms with Crippen LogP contribution in [0.1, 0.15) is 26.7 Å². The Morgan fingerprint density at radius 2 is 2.38 bits per heavy atom. The maximum atomic E-state index is 12.4. The van der Waals surface area contributed by atoms with Gasteiger partial charge in [-0.2, -0.15) is 0 Å². The van der Waals surface area contributed by atoms with Crippen molar-refractivity contribution in [2.75, 3.05) is 16.8 Å². The van der Waals surface area contributed by atoms with Crippen LogP contribution in [-0.2, 0) is 9.59 Å². The second-order valence-electron chi connectivity index (χ2n) is 5.06. The van der Waals surface area contributed by atoms with Gasteiger partial charge in [0, 0.05) is 12.2 Å². The summed E-state index contributed by atoms with van der Waals surface area (Å²) < 4.78 is 0.843. The van der Waals surface area contributed by atoms with E-state index in [0.717, 1.165) is 16.5 Å². The lowest BCUT2D eigenvalue weighted by molar-refractivity contribution is -0.135. The molecule has 0 spiro atoms. The van der Waals surface area contributed by atoms with Crippen molar-refractivity contribution in [3.05, 3.63) is 0 Å². The minimum atomic E-state index is -0.402. The first-order valence-electron chi connectivity index (χ1n) is 6.77. The van der Waals surface area contributed by atoms with Gasteiger partial charge in [0.1, 0.15) is 6.04 Å². The molecule has 114 valence electrons. The summed E-state index contributed by atoms with van der Waals surface area (Å²) in [6.07, 6.45) is 1.35. The van der Waals surface area contributed by atoms with Crippen LogP contribution in [0.5, 0.6) is 0 Å². The average Bonchev–Trinajstić information content (AvgIpc) is 3.08. The van der Waals surface area contributed by atoms with E-state index in [1.54, 1.807) is 28.4 Å². The molecular weight excluding hydrogens is 328 g/mol. The number of carbonyl (C=O) groups is 2. The minimum absolute atomic E-state index is 0.0714. The molecule has 0 aliphatic carbocycles. The first-order chi connectivity index (χ1) is 10.0. The zero-order valence-corrected chi connectivity index (χ0v) is 14.2. The van der Waals surface area contributed by atoms with E-state index in [0.29, 0.717) is 17.3 Å². The zero-order valence-electron chi connectivity index (χ0n) is 11.8. The van der Waals surface area contributed by atoms with Gasteiger partial charge in [-0.15, -0.1) is 22.0 Å². The third-order valence-corrected chi connectivity index (χ3v) is 7.01. The van der Waals surface area contributed by atoms with Crippen LogP contribution in [0.3, 0.4) is 0 Å². The van der Waals surface area contributed by atoms with Crippen molar-refractivity contribution in [3.8, 4) is 0 Å². The summed E-state index contributed by atoms with van der Waals surface area (Å²) in [6, 6.07) is -0.402. The molecule has 2 saturated heterocycles. The summed E-state index contributed by atoms with van der Waals surface area (Å²) >= 11 is 4.65. The summed E-state index contributed by atoms with van der Waals surface area (Å²) in [5, 5.41) is 11.3. The van der Waals surface area contributed by atoms with Crippen molar-refractivity contribution in [2.45, 2.75) is 41.9 Å². The predicted octanol–water partition coefficient (Wildman–Crippen LogP) is 2.04. The first kappa shape index (κ1) is 15.1. The smallest absolute Gasteiger partial charge is 0.249 e. The SMILES string of the molecule is CCSc1nnc(NC(=O)[C@H]2CS[C@@]3(C)CCC(=O)N23)s1. The second-order valence-corrected chi connectivity index (χ2v) is 9.05. The fourth-order valence-corrected chi connectivity index (χ4v) is 5.73. The first-order valence-corrected chi connectivity index (χ1v) is 9.55. The van der Waals surface area contributed by atoms with Gasteiger partial charge >= 0.3 is 0 Å². The molecule has 2 atom stereocenters. The van der Waals surface area contributed by atoms with Crippen LogP contribution in [0.25, 0.3) is 0 Å².